The summed E-state index contributed by atoms with van der Waals surface area (Å²) in [7, 11) is -1.35. The van der Waals surface area contributed by atoms with Crippen molar-refractivity contribution in [2.24, 2.45) is 0 Å². The number of hydrogen-bond acceptors (Lipinski definition) is 2. The van der Waals surface area contributed by atoms with Crippen LogP contribution in [0.1, 0.15) is 17.5 Å². The molecule has 0 aliphatic carbocycles. The van der Waals surface area contributed by atoms with Crippen molar-refractivity contribution >= 4 is 14.0 Å². The van der Waals surface area contributed by atoms with Gasteiger partial charge in [0, 0.05) is 5.56 Å². The predicted molar refractivity (Wildman–Crippen MR) is 83.4 cm³/mol. The minimum atomic E-state index is -1.35. The molecule has 3 nitrogen and oxygen atoms in total. The first-order valence-electron chi connectivity index (χ1n) is 6.78. The highest BCUT2D eigenvalue weighted by Crippen LogP contribution is 2.06. The molecular weight excluding hydrogens is 268 g/mol. The number of carbonyl (C=O) groups is 1. The third-order valence-corrected chi connectivity index (χ3v) is 3.38. The van der Waals surface area contributed by atoms with Crippen LogP contribution < -0.4 is 0 Å². The van der Waals surface area contributed by atoms with Crippen LogP contribution in [0.2, 0.25) is 19.6 Å². The summed E-state index contributed by atoms with van der Waals surface area (Å²) in [6.07, 6.45) is 0.837. The molecule has 0 radical (unpaired) electrons. The lowest BCUT2D eigenvalue weighted by molar-refractivity contribution is -0.138. The number of ether oxygens (including phenoxy) is 1. The maximum Gasteiger partial charge on any atom is 0.305 e. The van der Waals surface area contributed by atoms with Crippen LogP contribution in [0, 0.1) is 11.5 Å². The van der Waals surface area contributed by atoms with Gasteiger partial charge >= 0.3 is 5.97 Å². The van der Waals surface area contributed by atoms with Gasteiger partial charge in [-0.2, -0.15) is 0 Å². The normalized spacial score (nSPS) is 10.8. The highest BCUT2D eigenvalue weighted by atomic mass is 28.3. The quantitative estimate of drug-likeness (QED) is 0.498. The zero-order chi connectivity index (χ0) is 15.0. The smallest absolute Gasteiger partial charge is 0.305 e. The average molecular weight is 290 g/mol. The molecule has 0 amide bonds. The van der Waals surface area contributed by atoms with Crippen LogP contribution in [-0.2, 0) is 16.0 Å². The Morgan fingerprint density at radius 2 is 2.05 bits per heavy atom. The van der Waals surface area contributed by atoms with Crippen molar-refractivity contribution in [1.29, 1.82) is 0 Å². The van der Waals surface area contributed by atoms with E-state index in [-0.39, 0.29) is 13.0 Å². The Kier molecular flexibility index (Phi) is 6.49. The Hall–Kier alpha value is -1.57. The van der Waals surface area contributed by atoms with Crippen LogP contribution in [0.4, 0.5) is 0 Å². The summed E-state index contributed by atoms with van der Waals surface area (Å²) in [5.74, 6) is 2.41. The predicted octanol–water partition coefficient (Wildman–Crippen LogP) is 2.95. The van der Waals surface area contributed by atoms with E-state index in [1.54, 1.807) is 0 Å². The lowest BCUT2D eigenvalue weighted by Gasteiger charge is -2.05. The Morgan fingerprint density at radius 3 is 2.70 bits per heavy atom. The van der Waals surface area contributed by atoms with Crippen molar-refractivity contribution in [3.8, 4) is 11.5 Å². The molecule has 0 aliphatic heterocycles. The molecule has 108 valence electrons. The fourth-order valence-electron chi connectivity index (χ4n) is 1.52. The molecule has 0 aliphatic rings. The van der Waals surface area contributed by atoms with Gasteiger partial charge in [0.15, 0.2) is 0 Å². The molecule has 20 heavy (non-hydrogen) atoms. The molecule has 0 aromatic heterocycles. The minimum Gasteiger partial charge on any atom is -0.481 e. The second-order valence-corrected chi connectivity index (χ2v) is 10.5. The van der Waals surface area contributed by atoms with Crippen LogP contribution in [0.3, 0.4) is 0 Å². The Morgan fingerprint density at radius 1 is 1.30 bits per heavy atom. The van der Waals surface area contributed by atoms with E-state index in [1.807, 2.05) is 18.2 Å². The zero-order valence-electron chi connectivity index (χ0n) is 12.4. The SMILES string of the molecule is C[Si](C)(C)C#Cc1cccc(CCOCCC(=O)O)c1. The minimum absolute atomic E-state index is 0.0573. The Bertz CT molecular complexity index is 506. The molecule has 0 saturated heterocycles. The van der Waals surface area contributed by atoms with E-state index in [4.69, 9.17) is 9.84 Å². The molecule has 0 bridgehead atoms. The zero-order valence-corrected chi connectivity index (χ0v) is 13.4. The van der Waals surface area contributed by atoms with E-state index < -0.39 is 14.0 Å². The fourth-order valence-corrected chi connectivity index (χ4v) is 2.04. The molecule has 1 aromatic rings. The van der Waals surface area contributed by atoms with Gasteiger partial charge in [-0.3, -0.25) is 4.79 Å². The first kappa shape index (κ1) is 16.5. The van der Waals surface area contributed by atoms with Crippen molar-refractivity contribution in [2.75, 3.05) is 13.2 Å². The maximum atomic E-state index is 10.3. The summed E-state index contributed by atoms with van der Waals surface area (Å²) in [6, 6.07) is 8.14. The number of benzene rings is 1. The van der Waals surface area contributed by atoms with E-state index >= 15 is 0 Å². The lowest BCUT2D eigenvalue weighted by Crippen LogP contribution is -2.16. The van der Waals surface area contributed by atoms with Gasteiger partial charge in [0.05, 0.1) is 19.6 Å². The van der Waals surface area contributed by atoms with Crippen molar-refractivity contribution in [3.05, 3.63) is 35.4 Å². The van der Waals surface area contributed by atoms with Crippen LogP contribution in [0.25, 0.3) is 0 Å². The number of hydrogen-bond donors (Lipinski definition) is 1. The topological polar surface area (TPSA) is 46.5 Å². The van der Waals surface area contributed by atoms with Gasteiger partial charge in [-0.05, 0) is 24.1 Å². The van der Waals surface area contributed by atoms with Crippen molar-refractivity contribution < 1.29 is 14.6 Å². The molecule has 0 spiro atoms. The van der Waals surface area contributed by atoms with Gasteiger partial charge in [0.2, 0.25) is 0 Å². The van der Waals surface area contributed by atoms with Crippen LogP contribution in [0.5, 0.6) is 0 Å². The van der Waals surface area contributed by atoms with Gasteiger partial charge in [-0.1, -0.05) is 37.7 Å². The van der Waals surface area contributed by atoms with E-state index in [0.717, 1.165) is 12.0 Å². The summed E-state index contributed by atoms with van der Waals surface area (Å²) in [6.45, 7) is 7.48. The summed E-state index contributed by atoms with van der Waals surface area (Å²) >= 11 is 0. The number of carboxylic acid groups (broad SMARTS) is 1. The van der Waals surface area contributed by atoms with Crippen molar-refractivity contribution in [2.45, 2.75) is 32.5 Å². The van der Waals surface area contributed by atoms with Gasteiger partial charge in [0.25, 0.3) is 0 Å². The molecule has 1 N–H and O–H groups in total. The van der Waals surface area contributed by atoms with E-state index in [0.29, 0.717) is 6.61 Å². The van der Waals surface area contributed by atoms with Crippen LogP contribution >= 0.6 is 0 Å². The molecule has 0 fully saturated rings. The largest absolute Gasteiger partial charge is 0.481 e. The van der Waals surface area contributed by atoms with E-state index in [2.05, 4.69) is 37.2 Å². The second-order valence-electron chi connectivity index (χ2n) is 5.71. The van der Waals surface area contributed by atoms with Crippen LogP contribution in [-0.4, -0.2) is 32.4 Å². The third-order valence-electron chi connectivity index (χ3n) is 2.50. The molecular formula is C16H22O3Si. The molecule has 4 heteroatoms. The standard InChI is InChI=1S/C16H22O3Si/c1-20(2,3)12-9-15-6-4-5-14(13-15)7-10-19-11-8-16(17)18/h4-6,13H,7-8,10-11H2,1-3H3,(H,17,18). The Labute approximate surface area is 122 Å². The monoisotopic (exact) mass is 290 g/mol. The molecule has 0 atom stereocenters. The van der Waals surface area contributed by atoms with Gasteiger partial charge in [0.1, 0.15) is 8.07 Å². The fraction of sp³-hybridized carbons (Fsp3) is 0.438. The maximum absolute atomic E-state index is 10.3. The molecule has 0 saturated carbocycles. The summed E-state index contributed by atoms with van der Waals surface area (Å²) < 4.78 is 5.29. The van der Waals surface area contributed by atoms with Gasteiger partial charge in [-0.25, -0.2) is 0 Å². The summed E-state index contributed by atoms with van der Waals surface area (Å²) in [4.78, 5) is 10.3. The second kappa shape index (κ2) is 7.88. The number of rotatable bonds is 6. The molecule has 1 rings (SSSR count). The molecule has 0 heterocycles. The van der Waals surface area contributed by atoms with Crippen molar-refractivity contribution in [3.63, 3.8) is 0 Å². The first-order valence-corrected chi connectivity index (χ1v) is 10.3. The Balaban J connectivity index is 2.47. The van der Waals surface area contributed by atoms with E-state index in [1.165, 1.54) is 5.56 Å². The third kappa shape index (κ3) is 7.77. The van der Waals surface area contributed by atoms with Crippen molar-refractivity contribution in [1.82, 2.24) is 0 Å². The highest BCUT2D eigenvalue weighted by Gasteiger charge is 2.07. The van der Waals surface area contributed by atoms with Gasteiger partial charge < -0.3 is 9.84 Å². The van der Waals surface area contributed by atoms with E-state index in [9.17, 15) is 4.79 Å². The van der Waals surface area contributed by atoms with Gasteiger partial charge in [-0.15, -0.1) is 5.54 Å². The number of carboxylic acids is 1. The average Bonchev–Trinajstić information content (AvgIpc) is 2.35. The number of aliphatic carboxylic acids is 1. The first-order chi connectivity index (χ1) is 9.37. The molecule has 0 unspecified atom stereocenters. The lowest BCUT2D eigenvalue weighted by atomic mass is 10.1. The summed E-state index contributed by atoms with van der Waals surface area (Å²) in [5, 5.41) is 8.50. The summed E-state index contributed by atoms with van der Waals surface area (Å²) in [5.41, 5.74) is 5.55. The van der Waals surface area contributed by atoms with Crippen LogP contribution in [0.15, 0.2) is 24.3 Å². The highest BCUT2D eigenvalue weighted by molar-refractivity contribution is 6.83. The molecule has 1 aromatic carbocycles.